The van der Waals surface area contributed by atoms with Crippen molar-refractivity contribution in [1.29, 1.82) is 0 Å². The first-order chi connectivity index (χ1) is 25.9. The Kier molecular flexibility index (Phi) is 9.05. The third kappa shape index (κ3) is 5.64. The summed E-state index contributed by atoms with van der Waals surface area (Å²) in [5, 5.41) is 25.8. The van der Waals surface area contributed by atoms with Crippen molar-refractivity contribution in [3.8, 4) is 22.6 Å². The predicted molar refractivity (Wildman–Crippen MR) is 219 cm³/mol. The summed E-state index contributed by atoms with van der Waals surface area (Å²) in [7, 11) is 0. The van der Waals surface area contributed by atoms with Gasteiger partial charge in [0.1, 0.15) is 11.5 Å². The first kappa shape index (κ1) is 34.9. The fourth-order valence-electron chi connectivity index (χ4n) is 8.38. The van der Waals surface area contributed by atoms with E-state index in [0.717, 1.165) is 66.6 Å². The van der Waals surface area contributed by atoms with E-state index in [4.69, 9.17) is 9.98 Å². The molecule has 9 rings (SSSR count). The molecular formula is C49H36N2O2Zn. The van der Waals surface area contributed by atoms with Crippen molar-refractivity contribution >= 4 is 44.3 Å². The van der Waals surface area contributed by atoms with Crippen LogP contribution < -0.4 is 0 Å². The van der Waals surface area contributed by atoms with E-state index in [2.05, 4.69) is 97.1 Å². The summed E-state index contributed by atoms with van der Waals surface area (Å²) in [5.41, 5.74) is 11.2. The van der Waals surface area contributed by atoms with Crippen molar-refractivity contribution < 1.29 is 29.7 Å². The summed E-state index contributed by atoms with van der Waals surface area (Å²) in [5.74, 6) is 0.438. The van der Waals surface area contributed by atoms with Gasteiger partial charge in [-0.2, -0.15) is 0 Å². The number of phenolic OH excluding ortho intramolecular Hbond substituents is 2. The van der Waals surface area contributed by atoms with Gasteiger partial charge >= 0.3 is 0 Å². The Balaban J connectivity index is 0.00000413. The van der Waals surface area contributed by atoms with Crippen LogP contribution in [-0.4, -0.2) is 21.6 Å². The molecule has 0 aliphatic heterocycles. The van der Waals surface area contributed by atoms with Crippen LogP contribution in [0.3, 0.4) is 0 Å². The molecule has 8 aromatic carbocycles. The van der Waals surface area contributed by atoms with Crippen molar-refractivity contribution in [2.45, 2.75) is 19.3 Å². The Morgan fingerprint density at radius 1 is 0.426 bits per heavy atom. The average Bonchev–Trinajstić information content (AvgIpc) is 3.49. The summed E-state index contributed by atoms with van der Waals surface area (Å²) >= 11 is 0. The van der Waals surface area contributed by atoms with Gasteiger partial charge in [-0.1, -0.05) is 133 Å². The fraction of sp³-hybridized carbons (Fsp3) is 0.0612. The van der Waals surface area contributed by atoms with Gasteiger partial charge in [0, 0.05) is 42.0 Å². The molecule has 0 atom stereocenters. The van der Waals surface area contributed by atoms with Crippen molar-refractivity contribution in [3.05, 3.63) is 203 Å². The van der Waals surface area contributed by atoms with Crippen LogP contribution in [0.4, 0.5) is 11.4 Å². The first-order valence-electron chi connectivity index (χ1n) is 17.9. The minimum atomic E-state index is -0.580. The molecule has 5 heteroatoms. The summed E-state index contributed by atoms with van der Waals surface area (Å²) in [6, 6.07) is 57.9. The molecule has 0 amide bonds. The molecule has 8 aromatic rings. The monoisotopic (exact) mass is 748 g/mol. The van der Waals surface area contributed by atoms with Gasteiger partial charge in [0.2, 0.25) is 0 Å². The number of nitrogens with zero attached hydrogens (tertiary/aromatic N) is 2. The van der Waals surface area contributed by atoms with E-state index in [9.17, 15) is 10.2 Å². The molecule has 1 aliphatic carbocycles. The van der Waals surface area contributed by atoms with E-state index in [1.54, 1.807) is 12.1 Å². The third-order valence-corrected chi connectivity index (χ3v) is 10.7. The van der Waals surface area contributed by atoms with Crippen molar-refractivity contribution in [3.63, 3.8) is 0 Å². The van der Waals surface area contributed by atoms with Crippen LogP contribution in [0.2, 0.25) is 0 Å². The summed E-state index contributed by atoms with van der Waals surface area (Å²) in [6.07, 6.45) is 0. The van der Waals surface area contributed by atoms with Gasteiger partial charge in [-0.3, -0.25) is 9.98 Å². The maximum Gasteiger partial charge on any atom is 0.125 e. The molecule has 1 aliphatic rings. The second-order valence-electron chi connectivity index (χ2n) is 13.7. The average molecular weight is 750 g/mol. The first-order valence-corrected chi connectivity index (χ1v) is 17.9. The summed E-state index contributed by atoms with van der Waals surface area (Å²) in [4.78, 5) is 10.0. The minimum Gasteiger partial charge on any atom is -0.507 e. The second kappa shape index (κ2) is 14.0. The molecule has 0 fully saturated rings. The Bertz CT molecular complexity index is 2570. The molecule has 2 N–H and O–H groups in total. The van der Waals surface area contributed by atoms with Crippen LogP contribution in [0.25, 0.3) is 32.7 Å². The zero-order valence-electron chi connectivity index (χ0n) is 30.2. The van der Waals surface area contributed by atoms with Crippen molar-refractivity contribution in [2.24, 2.45) is 9.98 Å². The molecule has 0 bridgehead atoms. The zero-order valence-corrected chi connectivity index (χ0v) is 33.1. The number of phenols is 2. The minimum absolute atomic E-state index is 0. The third-order valence-electron chi connectivity index (χ3n) is 10.7. The van der Waals surface area contributed by atoms with Gasteiger partial charge in [-0.05, 0) is 105 Å². The van der Waals surface area contributed by atoms with E-state index in [1.165, 1.54) is 22.3 Å². The maximum atomic E-state index is 10.9. The number of aliphatic imine (C=N–C) groups is 2. The quantitative estimate of drug-likeness (QED) is 0.131. The molecule has 0 saturated heterocycles. The van der Waals surface area contributed by atoms with Gasteiger partial charge in [0.15, 0.2) is 0 Å². The normalized spacial score (nSPS) is 13.4. The molecule has 0 spiro atoms. The standard InChI is InChI=1S/C49H36N2O2.Zn/c1-31(47-39-13-5-3-11-33(39)19-29-45(47)52)50-37-25-21-35(22-26-37)49(43-17-9-7-15-41(43)42-16-8-10-18-44(42)49)36-23-27-38(28-24-36)51-32(2)48-40-14-6-4-12-34(40)20-30-46(48)53;/h3-30,52-53H,1-2H3;. The van der Waals surface area contributed by atoms with Crippen LogP contribution in [0, 0.1) is 0 Å². The van der Waals surface area contributed by atoms with Crippen LogP contribution in [0.5, 0.6) is 11.5 Å². The van der Waals surface area contributed by atoms with Crippen LogP contribution in [0.1, 0.15) is 47.2 Å². The predicted octanol–water partition coefficient (Wildman–Crippen LogP) is 12.0. The molecule has 256 valence electrons. The number of fused-ring (bicyclic) bond motifs is 5. The van der Waals surface area contributed by atoms with E-state index in [-0.39, 0.29) is 31.0 Å². The molecule has 0 saturated carbocycles. The van der Waals surface area contributed by atoms with Gasteiger partial charge < -0.3 is 10.2 Å². The van der Waals surface area contributed by atoms with E-state index in [1.807, 2.05) is 74.5 Å². The Hall–Kier alpha value is -6.16. The van der Waals surface area contributed by atoms with Crippen LogP contribution in [0.15, 0.2) is 180 Å². The largest absolute Gasteiger partial charge is 0.507 e. The smallest absolute Gasteiger partial charge is 0.125 e. The van der Waals surface area contributed by atoms with Crippen LogP contribution >= 0.6 is 0 Å². The Morgan fingerprint density at radius 3 is 1.22 bits per heavy atom. The van der Waals surface area contributed by atoms with E-state index < -0.39 is 5.41 Å². The SMILES string of the molecule is CC(=Nc1ccc(C2(c3ccc(N=C(C)c4c(O)ccc5ccccc45)cc3)c3ccccc3-c3ccccc32)cc1)c1c(O)ccc2ccccc12.[Zn]. The van der Waals surface area contributed by atoms with Crippen molar-refractivity contribution in [1.82, 2.24) is 0 Å². The fourth-order valence-corrected chi connectivity index (χ4v) is 8.38. The van der Waals surface area contributed by atoms with Gasteiger partial charge in [-0.25, -0.2) is 0 Å². The van der Waals surface area contributed by atoms with Crippen LogP contribution in [-0.2, 0) is 24.9 Å². The number of hydrogen-bond acceptors (Lipinski definition) is 4. The number of hydrogen-bond donors (Lipinski definition) is 2. The Morgan fingerprint density at radius 2 is 0.796 bits per heavy atom. The summed E-state index contributed by atoms with van der Waals surface area (Å²) in [6.45, 7) is 3.90. The molecule has 0 aromatic heterocycles. The molecule has 54 heavy (non-hydrogen) atoms. The molecule has 4 nitrogen and oxygen atoms in total. The number of rotatable bonds is 6. The second-order valence-corrected chi connectivity index (χ2v) is 13.7. The van der Waals surface area contributed by atoms with E-state index >= 15 is 0 Å². The zero-order chi connectivity index (χ0) is 36.1. The molecule has 0 unspecified atom stereocenters. The van der Waals surface area contributed by atoms with Gasteiger partial charge in [0.05, 0.1) is 16.8 Å². The summed E-state index contributed by atoms with van der Waals surface area (Å²) < 4.78 is 0. The number of aromatic hydroxyl groups is 2. The maximum absolute atomic E-state index is 10.9. The van der Waals surface area contributed by atoms with E-state index in [0.29, 0.717) is 0 Å². The topological polar surface area (TPSA) is 65.2 Å². The number of benzene rings is 8. The molecule has 0 heterocycles. The van der Waals surface area contributed by atoms with Gasteiger partial charge in [-0.15, -0.1) is 0 Å². The molecular weight excluding hydrogens is 714 g/mol. The van der Waals surface area contributed by atoms with Crippen molar-refractivity contribution in [2.75, 3.05) is 0 Å². The van der Waals surface area contributed by atoms with Gasteiger partial charge in [0.25, 0.3) is 0 Å². The Labute approximate surface area is 327 Å². The molecule has 0 radical (unpaired) electrons.